The Balaban J connectivity index is 2.01. The minimum absolute atomic E-state index is 0.142. The van der Waals surface area contributed by atoms with Crippen LogP contribution in [0.3, 0.4) is 0 Å². The fourth-order valence-corrected chi connectivity index (χ4v) is 2.56. The molecule has 0 radical (unpaired) electrons. The Hall–Kier alpha value is -2.14. The van der Waals surface area contributed by atoms with Crippen LogP contribution in [-0.4, -0.2) is 42.5 Å². The van der Waals surface area contributed by atoms with Crippen molar-refractivity contribution >= 4 is 6.08 Å². The molecule has 0 N–H and O–H groups in total. The van der Waals surface area contributed by atoms with E-state index >= 15 is 0 Å². The van der Waals surface area contributed by atoms with Gasteiger partial charge in [-0.05, 0) is 23.7 Å². The normalized spacial score (nSPS) is 16.0. The van der Waals surface area contributed by atoms with Crippen LogP contribution >= 0.6 is 0 Å². The Morgan fingerprint density at radius 3 is 2.43 bits per heavy atom. The standard InChI is InChI=1S/C17H20N4/c1-2-20-6-8-21(9-7-20)14-16-5-3-4-15(10-16)11-17(12-18)13-19/h3-5,10-11H,2,6-9,14H2,1H3. The van der Waals surface area contributed by atoms with E-state index in [-0.39, 0.29) is 5.57 Å². The number of nitrogens with zero attached hydrogens (tertiary/aromatic N) is 4. The maximum Gasteiger partial charge on any atom is 0.130 e. The van der Waals surface area contributed by atoms with Gasteiger partial charge in [0.15, 0.2) is 0 Å². The number of likely N-dealkylation sites (N-methyl/N-ethyl adjacent to an activating group) is 1. The van der Waals surface area contributed by atoms with Crippen LogP contribution in [0.1, 0.15) is 18.1 Å². The number of hydrogen-bond acceptors (Lipinski definition) is 4. The first-order chi connectivity index (χ1) is 10.2. The zero-order valence-electron chi connectivity index (χ0n) is 12.4. The summed E-state index contributed by atoms with van der Waals surface area (Å²) in [6.45, 7) is 8.69. The molecule has 1 aromatic rings. The van der Waals surface area contributed by atoms with Gasteiger partial charge in [-0.25, -0.2) is 0 Å². The van der Waals surface area contributed by atoms with Crippen molar-refractivity contribution < 1.29 is 0 Å². The Morgan fingerprint density at radius 1 is 1.14 bits per heavy atom. The molecule has 1 heterocycles. The molecule has 2 rings (SSSR count). The SMILES string of the molecule is CCN1CCN(Cc2cccc(C=C(C#N)C#N)c2)CC1. The van der Waals surface area contributed by atoms with Gasteiger partial charge in [-0.3, -0.25) is 4.90 Å². The Bertz CT molecular complexity index is 568. The number of hydrogen-bond donors (Lipinski definition) is 0. The Morgan fingerprint density at radius 2 is 1.81 bits per heavy atom. The third kappa shape index (κ3) is 4.43. The summed E-state index contributed by atoms with van der Waals surface area (Å²) >= 11 is 0. The van der Waals surface area contributed by atoms with Crippen molar-refractivity contribution in [3.8, 4) is 12.1 Å². The molecule has 1 saturated heterocycles. The molecule has 21 heavy (non-hydrogen) atoms. The molecule has 1 fully saturated rings. The first kappa shape index (κ1) is 15.3. The van der Waals surface area contributed by atoms with Gasteiger partial charge < -0.3 is 4.90 Å². The van der Waals surface area contributed by atoms with Crippen molar-refractivity contribution in [3.05, 3.63) is 41.0 Å². The van der Waals surface area contributed by atoms with Crippen LogP contribution in [0, 0.1) is 22.7 Å². The average molecular weight is 280 g/mol. The van der Waals surface area contributed by atoms with Crippen LogP contribution in [0.5, 0.6) is 0 Å². The van der Waals surface area contributed by atoms with E-state index in [2.05, 4.69) is 28.9 Å². The molecule has 4 heteroatoms. The van der Waals surface area contributed by atoms with E-state index in [1.807, 2.05) is 24.3 Å². The van der Waals surface area contributed by atoms with Gasteiger partial charge >= 0.3 is 0 Å². The first-order valence-corrected chi connectivity index (χ1v) is 7.30. The lowest BCUT2D eigenvalue weighted by Crippen LogP contribution is -2.45. The minimum Gasteiger partial charge on any atom is -0.301 e. The summed E-state index contributed by atoms with van der Waals surface area (Å²) in [6, 6.07) is 11.9. The molecule has 0 bridgehead atoms. The van der Waals surface area contributed by atoms with E-state index < -0.39 is 0 Å². The number of allylic oxidation sites excluding steroid dienone is 1. The monoisotopic (exact) mass is 280 g/mol. The maximum absolute atomic E-state index is 8.81. The van der Waals surface area contributed by atoms with Gasteiger partial charge in [-0.2, -0.15) is 10.5 Å². The van der Waals surface area contributed by atoms with E-state index in [1.54, 1.807) is 6.08 Å². The van der Waals surface area contributed by atoms with E-state index in [1.165, 1.54) is 5.56 Å². The van der Waals surface area contributed by atoms with E-state index in [4.69, 9.17) is 10.5 Å². The minimum atomic E-state index is 0.142. The molecule has 0 unspecified atom stereocenters. The molecule has 0 atom stereocenters. The molecule has 1 aromatic carbocycles. The van der Waals surface area contributed by atoms with Crippen molar-refractivity contribution in [2.45, 2.75) is 13.5 Å². The number of piperazine rings is 1. The number of rotatable bonds is 4. The lowest BCUT2D eigenvalue weighted by molar-refractivity contribution is 0.132. The lowest BCUT2D eigenvalue weighted by Gasteiger charge is -2.34. The smallest absolute Gasteiger partial charge is 0.130 e. The highest BCUT2D eigenvalue weighted by Crippen LogP contribution is 2.13. The maximum atomic E-state index is 8.81. The summed E-state index contributed by atoms with van der Waals surface area (Å²) in [4.78, 5) is 4.91. The fourth-order valence-electron chi connectivity index (χ4n) is 2.56. The summed E-state index contributed by atoms with van der Waals surface area (Å²) < 4.78 is 0. The van der Waals surface area contributed by atoms with Crippen molar-refractivity contribution in [2.75, 3.05) is 32.7 Å². The van der Waals surface area contributed by atoms with Crippen LogP contribution < -0.4 is 0 Å². The van der Waals surface area contributed by atoms with Crippen molar-refractivity contribution in [1.82, 2.24) is 9.80 Å². The molecule has 1 aliphatic heterocycles. The van der Waals surface area contributed by atoms with E-state index in [0.29, 0.717) is 0 Å². The first-order valence-electron chi connectivity index (χ1n) is 7.30. The average Bonchev–Trinajstić information content (AvgIpc) is 2.53. The summed E-state index contributed by atoms with van der Waals surface area (Å²) in [7, 11) is 0. The topological polar surface area (TPSA) is 54.1 Å². The van der Waals surface area contributed by atoms with Gasteiger partial charge in [0, 0.05) is 32.7 Å². The molecule has 108 valence electrons. The predicted molar refractivity (Wildman–Crippen MR) is 83.0 cm³/mol. The van der Waals surface area contributed by atoms with E-state index in [0.717, 1.165) is 44.8 Å². The van der Waals surface area contributed by atoms with Crippen molar-refractivity contribution in [3.63, 3.8) is 0 Å². The van der Waals surface area contributed by atoms with Gasteiger partial charge in [0.1, 0.15) is 17.7 Å². The molecule has 0 aliphatic carbocycles. The van der Waals surface area contributed by atoms with Crippen LogP contribution in [0.2, 0.25) is 0 Å². The highest BCUT2D eigenvalue weighted by molar-refractivity contribution is 5.62. The molecule has 1 aliphatic rings. The second-order valence-electron chi connectivity index (χ2n) is 5.24. The van der Waals surface area contributed by atoms with Crippen molar-refractivity contribution in [1.29, 1.82) is 10.5 Å². The predicted octanol–water partition coefficient (Wildman–Crippen LogP) is 2.25. The second kappa shape index (κ2) is 7.59. The zero-order valence-corrected chi connectivity index (χ0v) is 12.4. The van der Waals surface area contributed by atoms with Crippen LogP contribution in [-0.2, 0) is 6.54 Å². The van der Waals surface area contributed by atoms with Gasteiger partial charge in [-0.15, -0.1) is 0 Å². The summed E-state index contributed by atoms with van der Waals surface area (Å²) in [5.74, 6) is 0. The van der Waals surface area contributed by atoms with Gasteiger partial charge in [0.2, 0.25) is 0 Å². The largest absolute Gasteiger partial charge is 0.301 e. The highest BCUT2D eigenvalue weighted by atomic mass is 15.3. The summed E-state index contributed by atoms with van der Waals surface area (Å²) in [5, 5.41) is 17.6. The molecule has 0 aromatic heterocycles. The van der Waals surface area contributed by atoms with Gasteiger partial charge in [-0.1, -0.05) is 31.2 Å². The molecular formula is C17H20N4. The molecule has 4 nitrogen and oxygen atoms in total. The lowest BCUT2D eigenvalue weighted by atomic mass is 10.1. The quantitative estimate of drug-likeness (QED) is 0.794. The van der Waals surface area contributed by atoms with Crippen LogP contribution in [0.4, 0.5) is 0 Å². The third-order valence-electron chi connectivity index (χ3n) is 3.82. The second-order valence-corrected chi connectivity index (χ2v) is 5.24. The Labute approximate surface area is 126 Å². The number of benzene rings is 1. The van der Waals surface area contributed by atoms with Crippen LogP contribution in [0.25, 0.3) is 6.08 Å². The highest BCUT2D eigenvalue weighted by Gasteiger charge is 2.15. The van der Waals surface area contributed by atoms with E-state index in [9.17, 15) is 0 Å². The van der Waals surface area contributed by atoms with Gasteiger partial charge in [0.25, 0.3) is 0 Å². The molecule has 0 spiro atoms. The number of nitriles is 2. The van der Waals surface area contributed by atoms with Gasteiger partial charge in [0.05, 0.1) is 0 Å². The fraction of sp³-hybridized carbons (Fsp3) is 0.412. The summed E-state index contributed by atoms with van der Waals surface area (Å²) in [6.07, 6.45) is 1.64. The molecule has 0 amide bonds. The third-order valence-corrected chi connectivity index (χ3v) is 3.82. The van der Waals surface area contributed by atoms with Crippen molar-refractivity contribution in [2.24, 2.45) is 0 Å². The Kier molecular flexibility index (Phi) is 5.51. The van der Waals surface area contributed by atoms with Crippen LogP contribution in [0.15, 0.2) is 29.8 Å². The molecular weight excluding hydrogens is 260 g/mol. The summed E-state index contributed by atoms with van der Waals surface area (Å²) in [5.41, 5.74) is 2.28. The zero-order chi connectivity index (χ0) is 15.1. The molecule has 0 saturated carbocycles.